The van der Waals surface area contributed by atoms with Gasteiger partial charge < -0.3 is 10.0 Å². The Morgan fingerprint density at radius 2 is 1.74 bits per heavy atom. The number of piperidine rings is 1. The van der Waals surface area contributed by atoms with E-state index in [0.717, 1.165) is 5.56 Å². The van der Waals surface area contributed by atoms with E-state index < -0.39 is 16.3 Å². The summed E-state index contributed by atoms with van der Waals surface area (Å²) in [5.41, 5.74) is 0.520. The summed E-state index contributed by atoms with van der Waals surface area (Å²) in [5, 5.41) is 20.8. The number of carbonyl (C=O) groups excluding carboxylic acids is 1. The van der Waals surface area contributed by atoms with Crippen molar-refractivity contribution in [2.75, 3.05) is 13.1 Å². The smallest absolute Gasteiger partial charge is 0.314 e. The van der Waals surface area contributed by atoms with Gasteiger partial charge >= 0.3 is 5.97 Å². The molecule has 7 heteroatoms. The fraction of sp³-hybridized carbons (Fsp3) is 0.300. The third-order valence-corrected chi connectivity index (χ3v) is 5.28. The first kappa shape index (κ1) is 18.6. The van der Waals surface area contributed by atoms with E-state index in [1.54, 1.807) is 11.8 Å². The lowest BCUT2D eigenvalue weighted by molar-refractivity contribution is -0.385. The van der Waals surface area contributed by atoms with Gasteiger partial charge in [-0.2, -0.15) is 0 Å². The van der Waals surface area contributed by atoms with Gasteiger partial charge in [-0.05, 0) is 37.5 Å². The molecule has 27 heavy (non-hydrogen) atoms. The Bertz CT molecular complexity index is 887. The molecule has 2 aromatic carbocycles. The van der Waals surface area contributed by atoms with Crippen LogP contribution in [0.15, 0.2) is 48.5 Å². The fourth-order valence-corrected chi connectivity index (χ4v) is 3.65. The van der Waals surface area contributed by atoms with Gasteiger partial charge in [-0.1, -0.05) is 30.3 Å². The average molecular weight is 368 g/mol. The lowest BCUT2D eigenvalue weighted by Gasteiger charge is -2.39. The van der Waals surface area contributed by atoms with Crippen LogP contribution in [0.3, 0.4) is 0 Å². The number of nitrogens with zero attached hydrogens (tertiary/aromatic N) is 2. The Kier molecular flexibility index (Phi) is 4.94. The molecule has 1 N–H and O–H groups in total. The summed E-state index contributed by atoms with van der Waals surface area (Å²) in [7, 11) is 0. The first-order valence-electron chi connectivity index (χ1n) is 8.68. The zero-order valence-corrected chi connectivity index (χ0v) is 14.9. The molecule has 0 aliphatic carbocycles. The van der Waals surface area contributed by atoms with Gasteiger partial charge in [0.15, 0.2) is 0 Å². The molecule has 1 saturated heterocycles. The van der Waals surface area contributed by atoms with Crippen LogP contribution in [-0.2, 0) is 10.2 Å². The summed E-state index contributed by atoms with van der Waals surface area (Å²) < 4.78 is 0. The molecule has 1 fully saturated rings. The van der Waals surface area contributed by atoms with Crippen LogP contribution in [0.4, 0.5) is 5.69 Å². The van der Waals surface area contributed by atoms with Crippen LogP contribution >= 0.6 is 0 Å². The third kappa shape index (κ3) is 3.40. The summed E-state index contributed by atoms with van der Waals surface area (Å²) in [6.07, 6.45) is 0.647. The van der Waals surface area contributed by atoms with Gasteiger partial charge in [0.1, 0.15) is 0 Å². The van der Waals surface area contributed by atoms with E-state index in [4.69, 9.17) is 0 Å². The second-order valence-corrected chi connectivity index (χ2v) is 6.80. The zero-order chi connectivity index (χ0) is 19.6. The van der Waals surface area contributed by atoms with E-state index in [-0.39, 0.29) is 11.6 Å². The first-order chi connectivity index (χ1) is 12.8. The summed E-state index contributed by atoms with van der Waals surface area (Å²) in [5.74, 6) is -1.12. The molecule has 1 heterocycles. The summed E-state index contributed by atoms with van der Waals surface area (Å²) in [6.45, 7) is 2.22. The molecule has 0 atom stereocenters. The topological polar surface area (TPSA) is 101 Å². The number of nitro groups is 1. The van der Waals surface area contributed by atoms with Crippen molar-refractivity contribution in [3.63, 3.8) is 0 Å². The van der Waals surface area contributed by atoms with Gasteiger partial charge in [0.05, 0.1) is 10.3 Å². The minimum Gasteiger partial charge on any atom is -0.481 e. The number of hydrogen-bond acceptors (Lipinski definition) is 4. The highest BCUT2D eigenvalue weighted by Gasteiger charge is 2.43. The number of likely N-dealkylation sites (tertiary alicyclic amines) is 1. The number of nitro benzene ring substituents is 1. The Hall–Kier alpha value is -3.22. The molecular weight excluding hydrogens is 348 g/mol. The molecule has 1 aliphatic heterocycles. The second-order valence-electron chi connectivity index (χ2n) is 6.80. The van der Waals surface area contributed by atoms with Crippen molar-refractivity contribution in [3.8, 4) is 0 Å². The Morgan fingerprint density at radius 3 is 2.26 bits per heavy atom. The molecule has 0 unspecified atom stereocenters. The van der Waals surface area contributed by atoms with Crippen LogP contribution in [0.1, 0.15) is 34.3 Å². The van der Waals surface area contributed by atoms with Crippen LogP contribution in [0.2, 0.25) is 0 Å². The van der Waals surface area contributed by atoms with Crippen molar-refractivity contribution in [2.24, 2.45) is 0 Å². The number of aliphatic carboxylic acids is 1. The second kappa shape index (κ2) is 7.19. The summed E-state index contributed by atoms with van der Waals surface area (Å²) in [4.78, 5) is 36.8. The third-order valence-electron chi connectivity index (χ3n) is 5.28. The molecule has 3 rings (SSSR count). The van der Waals surface area contributed by atoms with Crippen molar-refractivity contribution in [1.29, 1.82) is 0 Å². The number of carboxylic acids is 1. The maximum Gasteiger partial charge on any atom is 0.314 e. The van der Waals surface area contributed by atoms with E-state index in [1.807, 2.05) is 30.3 Å². The van der Waals surface area contributed by atoms with Crippen LogP contribution in [0.5, 0.6) is 0 Å². The molecule has 0 spiro atoms. The summed E-state index contributed by atoms with van der Waals surface area (Å²) >= 11 is 0. The maximum atomic E-state index is 12.8. The van der Waals surface area contributed by atoms with Crippen molar-refractivity contribution < 1.29 is 19.6 Å². The Morgan fingerprint density at radius 1 is 1.11 bits per heavy atom. The predicted molar refractivity (Wildman–Crippen MR) is 98.7 cm³/mol. The van der Waals surface area contributed by atoms with Crippen molar-refractivity contribution in [1.82, 2.24) is 4.90 Å². The number of hydrogen-bond donors (Lipinski definition) is 1. The number of rotatable bonds is 4. The minimum absolute atomic E-state index is 0.0286. The molecule has 0 saturated carbocycles. The van der Waals surface area contributed by atoms with Crippen molar-refractivity contribution in [2.45, 2.75) is 25.2 Å². The SMILES string of the molecule is Cc1cc(C(=O)N2CCC(C(=O)O)(c3ccccc3)CC2)ccc1[N+](=O)[O-]. The highest BCUT2D eigenvalue weighted by atomic mass is 16.6. The van der Waals surface area contributed by atoms with E-state index in [1.165, 1.54) is 18.2 Å². The van der Waals surface area contributed by atoms with Gasteiger partial charge in [0.25, 0.3) is 11.6 Å². The number of carbonyl (C=O) groups is 2. The lowest BCUT2D eigenvalue weighted by atomic mass is 9.72. The van der Waals surface area contributed by atoms with Crippen LogP contribution in [0, 0.1) is 17.0 Å². The molecule has 0 radical (unpaired) electrons. The molecule has 140 valence electrons. The molecule has 2 aromatic rings. The van der Waals surface area contributed by atoms with Crippen molar-refractivity contribution in [3.05, 3.63) is 75.3 Å². The van der Waals surface area contributed by atoms with Crippen LogP contribution in [-0.4, -0.2) is 39.9 Å². The molecule has 7 nitrogen and oxygen atoms in total. The van der Waals surface area contributed by atoms with E-state index in [9.17, 15) is 24.8 Å². The predicted octanol–water partition coefficient (Wildman–Crippen LogP) is 3.16. The maximum absolute atomic E-state index is 12.8. The quantitative estimate of drug-likeness (QED) is 0.660. The molecule has 1 aliphatic rings. The van der Waals surface area contributed by atoms with Gasteiger partial charge in [-0.25, -0.2) is 0 Å². The van der Waals surface area contributed by atoms with Gasteiger partial charge in [-0.15, -0.1) is 0 Å². The number of aryl methyl sites for hydroxylation is 1. The van der Waals surface area contributed by atoms with Crippen LogP contribution < -0.4 is 0 Å². The highest BCUT2D eigenvalue weighted by Crippen LogP contribution is 2.36. The standard InChI is InChI=1S/C20H20N2O5/c1-14-13-15(7-8-17(14)22(26)27)18(23)21-11-9-20(10-12-21,19(24)25)16-5-3-2-4-6-16/h2-8,13H,9-12H2,1H3,(H,24,25). The average Bonchev–Trinajstić information content (AvgIpc) is 2.67. The normalized spacial score (nSPS) is 16.0. The number of amides is 1. The Labute approximate surface area is 156 Å². The fourth-order valence-electron chi connectivity index (χ4n) is 3.65. The zero-order valence-electron chi connectivity index (χ0n) is 14.9. The molecular formula is C20H20N2O5. The van der Waals surface area contributed by atoms with Crippen molar-refractivity contribution >= 4 is 17.6 Å². The number of carboxylic acid groups (broad SMARTS) is 1. The molecule has 0 bridgehead atoms. The first-order valence-corrected chi connectivity index (χ1v) is 8.68. The van der Waals surface area contributed by atoms with Gasteiger partial charge in [-0.3, -0.25) is 19.7 Å². The van der Waals surface area contributed by atoms with Gasteiger partial charge in [0.2, 0.25) is 0 Å². The Balaban J connectivity index is 1.78. The lowest BCUT2D eigenvalue weighted by Crippen LogP contribution is -2.49. The number of benzene rings is 2. The van der Waals surface area contributed by atoms with E-state index in [2.05, 4.69) is 0 Å². The van der Waals surface area contributed by atoms with E-state index in [0.29, 0.717) is 37.1 Å². The highest BCUT2D eigenvalue weighted by molar-refractivity contribution is 5.95. The van der Waals surface area contributed by atoms with E-state index >= 15 is 0 Å². The van der Waals surface area contributed by atoms with Crippen LogP contribution in [0.25, 0.3) is 0 Å². The molecule has 1 amide bonds. The van der Waals surface area contributed by atoms with Gasteiger partial charge in [0, 0.05) is 30.3 Å². The molecule has 0 aromatic heterocycles. The largest absolute Gasteiger partial charge is 0.481 e. The summed E-state index contributed by atoms with van der Waals surface area (Å²) in [6, 6.07) is 13.4. The monoisotopic (exact) mass is 368 g/mol. The minimum atomic E-state index is -0.997.